The first kappa shape index (κ1) is 13.8. The highest BCUT2D eigenvalue weighted by molar-refractivity contribution is 9.10. The summed E-state index contributed by atoms with van der Waals surface area (Å²) in [7, 11) is 0. The molecule has 0 aromatic heterocycles. The third-order valence-corrected chi connectivity index (χ3v) is 4.26. The molecule has 1 aromatic rings. The monoisotopic (exact) mass is 342 g/mol. The molecule has 3 unspecified atom stereocenters. The second-order valence-electron chi connectivity index (χ2n) is 5.32. The molecule has 2 heterocycles. The van der Waals surface area contributed by atoms with E-state index < -0.39 is 0 Å². The fraction of sp³-hybridized carbons (Fsp3) is 0.500. The van der Waals surface area contributed by atoms with Gasteiger partial charge in [0.2, 0.25) is 0 Å². The molecule has 3 atom stereocenters. The number of hydrogen-bond acceptors (Lipinski definition) is 2. The van der Waals surface area contributed by atoms with Crippen molar-refractivity contribution in [3.05, 3.63) is 34.1 Å². The zero-order chi connectivity index (χ0) is 14.1. The normalized spacial score (nSPS) is 27.6. The van der Waals surface area contributed by atoms with Gasteiger partial charge in [-0.25, -0.2) is 9.18 Å². The molecule has 0 spiro atoms. The summed E-state index contributed by atoms with van der Waals surface area (Å²) in [5.41, 5.74) is 0.719. The molecule has 2 aliphatic rings. The molecule has 2 aliphatic heterocycles. The van der Waals surface area contributed by atoms with Gasteiger partial charge in [-0.3, -0.25) is 0 Å². The largest absolute Gasteiger partial charge is 0.373 e. The van der Waals surface area contributed by atoms with Crippen LogP contribution in [0.4, 0.5) is 9.18 Å². The minimum atomic E-state index is -0.321. The van der Waals surface area contributed by atoms with E-state index in [2.05, 4.69) is 26.6 Å². The van der Waals surface area contributed by atoms with Gasteiger partial charge >= 0.3 is 6.03 Å². The maximum atomic E-state index is 13.2. The summed E-state index contributed by atoms with van der Waals surface area (Å²) in [5.74, 6) is -0.321. The molecule has 6 heteroatoms. The van der Waals surface area contributed by atoms with Crippen LogP contribution in [0.1, 0.15) is 24.8 Å². The van der Waals surface area contributed by atoms with E-state index in [1.165, 1.54) is 12.1 Å². The van der Waals surface area contributed by atoms with Crippen LogP contribution in [-0.2, 0) is 11.3 Å². The van der Waals surface area contributed by atoms with Crippen LogP contribution in [0, 0.1) is 5.82 Å². The quantitative estimate of drug-likeness (QED) is 0.887. The summed E-state index contributed by atoms with van der Waals surface area (Å²) in [5, 5.41) is 5.68. The zero-order valence-corrected chi connectivity index (χ0v) is 12.5. The summed E-state index contributed by atoms with van der Waals surface area (Å²) >= 11 is 3.23. The lowest BCUT2D eigenvalue weighted by Crippen LogP contribution is -2.46. The first-order valence-corrected chi connectivity index (χ1v) is 7.54. The lowest BCUT2D eigenvalue weighted by Gasteiger charge is -2.20. The third kappa shape index (κ3) is 3.12. The van der Waals surface area contributed by atoms with Crippen LogP contribution in [-0.4, -0.2) is 24.3 Å². The maximum absolute atomic E-state index is 13.2. The van der Waals surface area contributed by atoms with Crippen LogP contribution in [0.25, 0.3) is 0 Å². The van der Waals surface area contributed by atoms with E-state index in [1.807, 2.05) is 0 Å². The molecule has 2 fully saturated rings. The van der Waals surface area contributed by atoms with E-state index in [1.54, 1.807) is 6.07 Å². The van der Waals surface area contributed by atoms with Crippen molar-refractivity contribution in [2.75, 3.05) is 0 Å². The Morgan fingerprint density at radius 1 is 1.40 bits per heavy atom. The van der Waals surface area contributed by atoms with Gasteiger partial charge in [0.05, 0.1) is 18.2 Å². The van der Waals surface area contributed by atoms with Crippen molar-refractivity contribution in [1.29, 1.82) is 0 Å². The van der Waals surface area contributed by atoms with Crippen molar-refractivity contribution < 1.29 is 13.9 Å². The molecule has 0 aliphatic carbocycles. The molecule has 2 amide bonds. The van der Waals surface area contributed by atoms with Crippen molar-refractivity contribution >= 4 is 22.0 Å². The van der Waals surface area contributed by atoms with Crippen LogP contribution in [0.15, 0.2) is 22.7 Å². The molecule has 0 radical (unpaired) electrons. The Kier molecular flexibility index (Phi) is 3.94. The van der Waals surface area contributed by atoms with Gasteiger partial charge in [0.25, 0.3) is 0 Å². The second kappa shape index (κ2) is 5.69. The molecule has 2 N–H and O–H groups in total. The van der Waals surface area contributed by atoms with Gasteiger partial charge in [-0.05, 0) is 43.0 Å². The van der Waals surface area contributed by atoms with Gasteiger partial charge in [0.15, 0.2) is 0 Å². The van der Waals surface area contributed by atoms with Gasteiger partial charge in [-0.1, -0.05) is 15.9 Å². The minimum Gasteiger partial charge on any atom is -0.373 e. The number of ether oxygens (including phenoxy) is 1. The number of halogens is 2. The van der Waals surface area contributed by atoms with Crippen LogP contribution in [0.5, 0.6) is 0 Å². The number of nitrogens with one attached hydrogen (secondary N) is 2. The number of carbonyl (C=O) groups excluding carboxylic acids is 1. The predicted octanol–water partition coefficient (Wildman–Crippen LogP) is 2.71. The average Bonchev–Trinajstić information content (AvgIpc) is 2.97. The molecule has 2 saturated heterocycles. The van der Waals surface area contributed by atoms with Crippen LogP contribution >= 0.6 is 15.9 Å². The lowest BCUT2D eigenvalue weighted by molar-refractivity contribution is 0.0981. The Morgan fingerprint density at radius 3 is 2.90 bits per heavy atom. The van der Waals surface area contributed by atoms with Crippen LogP contribution in [0.2, 0.25) is 0 Å². The van der Waals surface area contributed by atoms with E-state index in [4.69, 9.17) is 4.74 Å². The standard InChI is InChI=1S/C14H16BrFN2O2/c15-9-3-8(4-10(16)5-9)7-17-14(19)18-12-6-11-1-2-13(12)20-11/h3-5,11-13H,1-2,6-7H2,(H2,17,18,19). The molecule has 2 bridgehead atoms. The number of benzene rings is 1. The Balaban J connectivity index is 1.49. The maximum Gasteiger partial charge on any atom is 0.315 e. The zero-order valence-electron chi connectivity index (χ0n) is 10.9. The van der Waals surface area contributed by atoms with Gasteiger partial charge < -0.3 is 15.4 Å². The molecule has 3 rings (SSSR count). The van der Waals surface area contributed by atoms with Crippen molar-refractivity contribution in [1.82, 2.24) is 10.6 Å². The molecule has 4 nitrogen and oxygen atoms in total. The van der Waals surface area contributed by atoms with Crippen molar-refractivity contribution in [2.45, 2.75) is 44.1 Å². The number of fused-ring (bicyclic) bond motifs is 2. The summed E-state index contributed by atoms with van der Waals surface area (Å²) in [4.78, 5) is 11.8. The van der Waals surface area contributed by atoms with Crippen molar-refractivity contribution in [3.63, 3.8) is 0 Å². The Labute approximate surface area is 125 Å². The number of carbonyl (C=O) groups is 1. The van der Waals surface area contributed by atoms with Crippen LogP contribution in [0.3, 0.4) is 0 Å². The molecular formula is C14H16BrFN2O2. The Morgan fingerprint density at radius 2 is 2.25 bits per heavy atom. The summed E-state index contributed by atoms with van der Waals surface area (Å²) < 4.78 is 19.6. The average molecular weight is 343 g/mol. The topological polar surface area (TPSA) is 50.4 Å². The van der Waals surface area contributed by atoms with E-state index in [0.717, 1.165) is 24.8 Å². The van der Waals surface area contributed by atoms with E-state index in [0.29, 0.717) is 17.1 Å². The number of hydrogen-bond donors (Lipinski definition) is 2. The molecule has 1 aromatic carbocycles. The van der Waals surface area contributed by atoms with Gasteiger partial charge in [-0.15, -0.1) is 0 Å². The highest BCUT2D eigenvalue weighted by Gasteiger charge is 2.41. The minimum absolute atomic E-state index is 0.105. The van der Waals surface area contributed by atoms with Crippen LogP contribution < -0.4 is 10.6 Å². The second-order valence-corrected chi connectivity index (χ2v) is 6.24. The fourth-order valence-corrected chi connectivity index (χ4v) is 3.42. The molecule has 108 valence electrons. The smallest absolute Gasteiger partial charge is 0.315 e. The van der Waals surface area contributed by atoms with E-state index in [-0.39, 0.29) is 24.0 Å². The summed E-state index contributed by atoms with van der Waals surface area (Å²) in [6.07, 6.45) is 3.48. The fourth-order valence-electron chi connectivity index (χ4n) is 2.90. The predicted molar refractivity (Wildman–Crippen MR) is 75.8 cm³/mol. The summed E-state index contributed by atoms with van der Waals surface area (Å²) in [6.45, 7) is 0.296. The lowest BCUT2D eigenvalue weighted by atomic mass is 9.96. The van der Waals surface area contributed by atoms with Gasteiger partial charge in [0.1, 0.15) is 5.82 Å². The van der Waals surface area contributed by atoms with Crippen molar-refractivity contribution in [2.24, 2.45) is 0 Å². The first-order chi connectivity index (χ1) is 9.60. The first-order valence-electron chi connectivity index (χ1n) is 6.75. The van der Waals surface area contributed by atoms with Gasteiger partial charge in [0, 0.05) is 11.0 Å². The molecule has 0 saturated carbocycles. The van der Waals surface area contributed by atoms with Gasteiger partial charge in [-0.2, -0.15) is 0 Å². The van der Waals surface area contributed by atoms with E-state index >= 15 is 0 Å². The molecule has 20 heavy (non-hydrogen) atoms. The van der Waals surface area contributed by atoms with E-state index in [9.17, 15) is 9.18 Å². The highest BCUT2D eigenvalue weighted by atomic mass is 79.9. The summed E-state index contributed by atoms with van der Waals surface area (Å²) in [6, 6.07) is 4.45. The number of urea groups is 1. The SMILES string of the molecule is O=C(NCc1cc(F)cc(Br)c1)NC1CC2CCC1O2. The highest BCUT2D eigenvalue weighted by Crippen LogP contribution is 2.34. The number of rotatable bonds is 3. The van der Waals surface area contributed by atoms with Crippen molar-refractivity contribution in [3.8, 4) is 0 Å². The Hall–Kier alpha value is -1.14. The Bertz CT molecular complexity index is 506. The third-order valence-electron chi connectivity index (χ3n) is 3.80. The number of amides is 2. The molecular weight excluding hydrogens is 327 g/mol.